The Hall–Kier alpha value is -2.53. The highest BCUT2D eigenvalue weighted by atomic mass is 32.2. The van der Waals surface area contributed by atoms with E-state index in [1.807, 2.05) is 16.8 Å². The summed E-state index contributed by atoms with van der Waals surface area (Å²) < 4.78 is 29.0. The van der Waals surface area contributed by atoms with Gasteiger partial charge in [0.15, 0.2) is 0 Å². The Morgan fingerprint density at radius 1 is 1.25 bits per heavy atom. The molecule has 2 aromatic heterocycles. The zero-order chi connectivity index (χ0) is 22.5. The van der Waals surface area contributed by atoms with Crippen molar-refractivity contribution in [3.8, 4) is 0 Å². The molecule has 3 aromatic rings. The van der Waals surface area contributed by atoms with Gasteiger partial charge in [-0.3, -0.25) is 4.18 Å². The van der Waals surface area contributed by atoms with Gasteiger partial charge in [0.1, 0.15) is 17.8 Å². The van der Waals surface area contributed by atoms with E-state index < -0.39 is 16.4 Å². The van der Waals surface area contributed by atoms with Crippen LogP contribution in [0.5, 0.6) is 0 Å². The summed E-state index contributed by atoms with van der Waals surface area (Å²) >= 11 is 0. The van der Waals surface area contributed by atoms with E-state index in [4.69, 9.17) is 9.32 Å². The Kier molecular flexibility index (Phi) is 5.40. The van der Waals surface area contributed by atoms with Crippen molar-refractivity contribution in [3.05, 3.63) is 54.0 Å². The predicted octanol–water partition coefficient (Wildman–Crippen LogP) is 2.31. The molecule has 5 rings (SSSR count). The molecule has 1 aromatic carbocycles. The zero-order valence-corrected chi connectivity index (χ0v) is 18.6. The number of hydrogen-bond acceptors (Lipinski definition) is 7. The number of aromatic nitrogens is 3. The van der Waals surface area contributed by atoms with Gasteiger partial charge in [0.2, 0.25) is 0 Å². The fourth-order valence-corrected chi connectivity index (χ4v) is 5.57. The lowest BCUT2D eigenvalue weighted by molar-refractivity contribution is 0.100. The SMILES string of the molecule is C[C@H]1Cc2ccccc2[C@H]1Nc1ncnc2c1ccn2[C@@H]1C[C@@H](COS(N)(=O)=O)[C@@H](O)C1. The molecular formula is C22H27N5O4S. The molecule has 170 valence electrons. The van der Waals surface area contributed by atoms with Crippen LogP contribution in [0.2, 0.25) is 0 Å². The third kappa shape index (κ3) is 3.99. The number of hydrogen-bond donors (Lipinski definition) is 3. The molecule has 0 unspecified atom stereocenters. The van der Waals surface area contributed by atoms with Gasteiger partial charge in [-0.25, -0.2) is 15.1 Å². The number of aliphatic hydroxyl groups excluding tert-OH is 1. The lowest BCUT2D eigenvalue weighted by Gasteiger charge is -2.20. The first-order valence-corrected chi connectivity index (χ1v) is 12.3. The second-order valence-electron chi connectivity index (χ2n) is 8.91. The Morgan fingerprint density at radius 3 is 2.88 bits per heavy atom. The van der Waals surface area contributed by atoms with Gasteiger partial charge in [0.25, 0.3) is 0 Å². The highest BCUT2D eigenvalue weighted by Gasteiger charge is 2.36. The van der Waals surface area contributed by atoms with Crippen LogP contribution in [0, 0.1) is 11.8 Å². The molecule has 10 heteroatoms. The highest BCUT2D eigenvalue weighted by molar-refractivity contribution is 7.84. The number of fused-ring (bicyclic) bond motifs is 2. The number of nitrogens with zero attached hydrogens (tertiary/aromatic N) is 3. The number of anilines is 1. The normalized spacial score (nSPS) is 27.7. The van der Waals surface area contributed by atoms with E-state index in [0.717, 1.165) is 23.3 Å². The number of benzene rings is 1. The Labute approximate surface area is 186 Å². The second kappa shape index (κ2) is 8.11. The monoisotopic (exact) mass is 457 g/mol. The number of nitrogens with one attached hydrogen (secondary N) is 1. The van der Waals surface area contributed by atoms with Crippen LogP contribution in [0.25, 0.3) is 11.0 Å². The fraction of sp³-hybridized carbons (Fsp3) is 0.455. The third-order valence-electron chi connectivity index (χ3n) is 6.77. The minimum atomic E-state index is -4.03. The first-order chi connectivity index (χ1) is 15.3. The first kappa shape index (κ1) is 21.3. The van der Waals surface area contributed by atoms with E-state index in [2.05, 4.69) is 46.5 Å². The van der Waals surface area contributed by atoms with Crippen LogP contribution in [-0.4, -0.2) is 40.8 Å². The summed E-state index contributed by atoms with van der Waals surface area (Å²) in [7, 11) is -4.03. The molecule has 0 bridgehead atoms. The van der Waals surface area contributed by atoms with Gasteiger partial charge in [0, 0.05) is 18.2 Å². The molecule has 5 atom stereocenters. The van der Waals surface area contributed by atoms with Gasteiger partial charge >= 0.3 is 10.3 Å². The summed E-state index contributed by atoms with van der Waals surface area (Å²) in [5.41, 5.74) is 3.46. The molecule has 0 aliphatic heterocycles. The molecule has 9 nitrogen and oxygen atoms in total. The molecule has 0 radical (unpaired) electrons. The summed E-state index contributed by atoms with van der Waals surface area (Å²) in [5, 5.41) is 19.9. The average molecular weight is 458 g/mol. The summed E-state index contributed by atoms with van der Waals surface area (Å²) in [6.45, 7) is 2.11. The molecule has 0 saturated heterocycles. The van der Waals surface area contributed by atoms with Crippen molar-refractivity contribution in [1.29, 1.82) is 0 Å². The van der Waals surface area contributed by atoms with Crippen LogP contribution in [0.1, 0.15) is 43.0 Å². The molecule has 32 heavy (non-hydrogen) atoms. The molecule has 1 fully saturated rings. The maximum Gasteiger partial charge on any atom is 0.333 e. The minimum Gasteiger partial charge on any atom is -0.393 e. The van der Waals surface area contributed by atoms with Gasteiger partial charge in [-0.05, 0) is 42.4 Å². The van der Waals surface area contributed by atoms with E-state index in [1.165, 1.54) is 11.1 Å². The summed E-state index contributed by atoms with van der Waals surface area (Å²) in [5.74, 6) is 0.921. The van der Waals surface area contributed by atoms with Crippen molar-refractivity contribution in [3.63, 3.8) is 0 Å². The quantitative estimate of drug-likeness (QED) is 0.517. The zero-order valence-electron chi connectivity index (χ0n) is 17.8. The number of nitrogens with two attached hydrogens (primary N) is 1. The molecule has 0 spiro atoms. The molecule has 2 aliphatic rings. The van der Waals surface area contributed by atoms with Gasteiger partial charge in [-0.1, -0.05) is 31.2 Å². The van der Waals surface area contributed by atoms with Gasteiger partial charge in [-0.2, -0.15) is 8.42 Å². The van der Waals surface area contributed by atoms with E-state index in [0.29, 0.717) is 18.8 Å². The predicted molar refractivity (Wildman–Crippen MR) is 120 cm³/mol. The fourth-order valence-electron chi connectivity index (χ4n) is 5.21. The molecule has 2 heterocycles. The first-order valence-electron chi connectivity index (χ1n) is 10.8. The van der Waals surface area contributed by atoms with Crippen LogP contribution in [-0.2, 0) is 20.9 Å². The molecular weight excluding hydrogens is 430 g/mol. The van der Waals surface area contributed by atoms with Crippen molar-refractivity contribution in [2.24, 2.45) is 17.0 Å². The molecule has 0 amide bonds. The maximum atomic E-state index is 11.1. The van der Waals surface area contributed by atoms with Crippen LogP contribution in [0.4, 0.5) is 5.82 Å². The highest BCUT2D eigenvalue weighted by Crippen LogP contribution is 2.40. The van der Waals surface area contributed by atoms with Crippen LogP contribution >= 0.6 is 0 Å². The average Bonchev–Trinajstić information content (AvgIpc) is 3.42. The lowest BCUT2D eigenvalue weighted by Crippen LogP contribution is -2.24. The van der Waals surface area contributed by atoms with Crippen LogP contribution < -0.4 is 10.5 Å². The summed E-state index contributed by atoms with van der Waals surface area (Å²) in [6, 6.07) is 10.6. The minimum absolute atomic E-state index is 0.0227. The lowest BCUT2D eigenvalue weighted by atomic mass is 10.0. The number of rotatable bonds is 6. The topological polar surface area (TPSA) is 132 Å². The second-order valence-corrected chi connectivity index (χ2v) is 10.1. The maximum absolute atomic E-state index is 11.1. The van der Waals surface area contributed by atoms with Gasteiger partial charge < -0.3 is 15.0 Å². The van der Waals surface area contributed by atoms with Crippen molar-refractivity contribution < 1.29 is 17.7 Å². The van der Waals surface area contributed by atoms with Crippen molar-refractivity contribution >= 4 is 27.2 Å². The van der Waals surface area contributed by atoms with E-state index in [1.54, 1.807) is 6.33 Å². The Bertz CT molecular complexity index is 1240. The van der Waals surface area contributed by atoms with Crippen molar-refractivity contribution in [2.45, 2.75) is 44.4 Å². The van der Waals surface area contributed by atoms with E-state index >= 15 is 0 Å². The number of aliphatic hydroxyl groups is 1. The largest absolute Gasteiger partial charge is 0.393 e. The molecule has 4 N–H and O–H groups in total. The Balaban J connectivity index is 1.38. The Morgan fingerprint density at radius 2 is 2.06 bits per heavy atom. The van der Waals surface area contributed by atoms with E-state index in [-0.39, 0.29) is 24.6 Å². The summed E-state index contributed by atoms with van der Waals surface area (Å²) in [6.07, 6.45) is 4.93. The summed E-state index contributed by atoms with van der Waals surface area (Å²) in [4.78, 5) is 9.02. The van der Waals surface area contributed by atoms with Gasteiger partial charge in [0.05, 0.1) is 24.1 Å². The van der Waals surface area contributed by atoms with E-state index in [9.17, 15) is 13.5 Å². The standard InChI is InChI=1S/C22H27N5O4S/c1-13-8-14-4-2-3-5-17(14)20(13)26-21-18-6-7-27(22(18)25-12-24-21)16-9-15(19(28)10-16)11-31-32(23,29)30/h2-7,12-13,15-16,19-20,28H,8-11H2,1H3,(H2,23,29,30)(H,24,25,26)/t13-,15-,16+,19-,20-/m0/s1. The van der Waals surface area contributed by atoms with Gasteiger partial charge in [-0.15, -0.1) is 0 Å². The third-order valence-corrected chi connectivity index (χ3v) is 7.24. The van der Waals surface area contributed by atoms with Crippen LogP contribution in [0.3, 0.4) is 0 Å². The molecule has 2 aliphatic carbocycles. The smallest absolute Gasteiger partial charge is 0.333 e. The van der Waals surface area contributed by atoms with Crippen molar-refractivity contribution in [1.82, 2.24) is 14.5 Å². The van der Waals surface area contributed by atoms with Crippen molar-refractivity contribution in [2.75, 3.05) is 11.9 Å². The van der Waals surface area contributed by atoms with Crippen LogP contribution in [0.15, 0.2) is 42.9 Å². The molecule has 1 saturated carbocycles.